The molecular weight excluding hydrogens is 308 g/mol. The van der Waals surface area contributed by atoms with E-state index in [-0.39, 0.29) is 5.91 Å². The van der Waals surface area contributed by atoms with Crippen LogP contribution in [-0.2, 0) is 11.3 Å². The molecule has 1 amide bonds. The van der Waals surface area contributed by atoms with Gasteiger partial charge in [0.25, 0.3) is 0 Å². The highest BCUT2D eigenvalue weighted by Gasteiger charge is 2.15. The van der Waals surface area contributed by atoms with E-state index in [1.54, 1.807) is 6.08 Å². The minimum atomic E-state index is -0.0296. The average Bonchev–Trinajstić information content (AvgIpc) is 2.94. The summed E-state index contributed by atoms with van der Waals surface area (Å²) in [6.45, 7) is 9.07. The van der Waals surface area contributed by atoms with Gasteiger partial charge in [0.1, 0.15) is 0 Å². The van der Waals surface area contributed by atoms with Gasteiger partial charge in [-0.2, -0.15) is 0 Å². The number of rotatable bonds is 8. The molecule has 2 aromatic rings. The number of aryl methyl sites for hydroxylation is 1. The lowest BCUT2D eigenvalue weighted by Gasteiger charge is -2.09. The second-order valence-electron chi connectivity index (χ2n) is 5.21. The molecule has 1 N–H and O–H groups in total. The quantitative estimate of drug-likeness (QED) is 0.597. The molecule has 0 radical (unpaired) electrons. The Labute approximate surface area is 141 Å². The van der Waals surface area contributed by atoms with Crippen molar-refractivity contribution < 1.29 is 4.79 Å². The summed E-state index contributed by atoms with van der Waals surface area (Å²) in [6.07, 6.45) is 2.64. The van der Waals surface area contributed by atoms with Gasteiger partial charge in [-0.1, -0.05) is 48.5 Å². The van der Waals surface area contributed by atoms with Gasteiger partial charge in [0.05, 0.1) is 5.75 Å². The monoisotopic (exact) mass is 330 g/mol. The summed E-state index contributed by atoms with van der Waals surface area (Å²) >= 11 is 1.41. The summed E-state index contributed by atoms with van der Waals surface area (Å²) < 4.78 is 2.08. The van der Waals surface area contributed by atoms with Gasteiger partial charge >= 0.3 is 0 Å². The number of thioether (sulfide) groups is 1. The number of benzene rings is 1. The van der Waals surface area contributed by atoms with Gasteiger partial charge in [0.2, 0.25) is 5.91 Å². The third kappa shape index (κ3) is 4.69. The Kier molecular flexibility index (Phi) is 6.40. The molecule has 6 heteroatoms. The van der Waals surface area contributed by atoms with Crippen molar-refractivity contribution in [3.63, 3.8) is 0 Å². The van der Waals surface area contributed by atoms with E-state index in [0.29, 0.717) is 12.3 Å². The summed E-state index contributed by atoms with van der Waals surface area (Å²) in [5, 5.41) is 12.1. The van der Waals surface area contributed by atoms with Gasteiger partial charge < -0.3 is 9.88 Å². The van der Waals surface area contributed by atoms with Crippen LogP contribution in [0, 0.1) is 6.92 Å². The van der Waals surface area contributed by atoms with Crippen LogP contribution in [-0.4, -0.2) is 33.0 Å². The Bertz CT molecular complexity index is 681. The first-order valence-electron chi connectivity index (χ1n) is 7.66. The Balaban J connectivity index is 2.18. The van der Waals surface area contributed by atoms with Gasteiger partial charge in [-0.15, -0.1) is 16.8 Å². The number of carbonyl (C=O) groups excluding carboxylic acids is 1. The minimum absolute atomic E-state index is 0.0296. The predicted octanol–water partition coefficient (Wildman–Crippen LogP) is 3.06. The Hall–Kier alpha value is -2.08. The van der Waals surface area contributed by atoms with E-state index in [1.807, 2.05) is 12.1 Å². The smallest absolute Gasteiger partial charge is 0.230 e. The van der Waals surface area contributed by atoms with Crippen LogP contribution in [0.4, 0.5) is 0 Å². The summed E-state index contributed by atoms with van der Waals surface area (Å²) in [7, 11) is 0. The second-order valence-corrected chi connectivity index (χ2v) is 6.15. The van der Waals surface area contributed by atoms with Gasteiger partial charge in [-0.25, -0.2) is 0 Å². The number of nitrogens with one attached hydrogen (secondary N) is 1. The topological polar surface area (TPSA) is 59.8 Å². The van der Waals surface area contributed by atoms with Crippen molar-refractivity contribution in [1.29, 1.82) is 0 Å². The lowest BCUT2D eigenvalue weighted by atomic mass is 10.1. The number of hydrogen-bond acceptors (Lipinski definition) is 4. The highest BCUT2D eigenvalue weighted by molar-refractivity contribution is 7.99. The molecule has 122 valence electrons. The van der Waals surface area contributed by atoms with Crippen LogP contribution in [0.5, 0.6) is 0 Å². The van der Waals surface area contributed by atoms with Crippen LogP contribution < -0.4 is 5.32 Å². The van der Waals surface area contributed by atoms with E-state index in [4.69, 9.17) is 0 Å². The van der Waals surface area contributed by atoms with Gasteiger partial charge in [0, 0.05) is 18.7 Å². The molecule has 0 unspecified atom stereocenters. The number of amides is 1. The highest BCUT2D eigenvalue weighted by Crippen LogP contribution is 2.24. The van der Waals surface area contributed by atoms with Gasteiger partial charge in [-0.05, 0) is 19.4 Å². The van der Waals surface area contributed by atoms with Crippen LogP contribution in [0.2, 0.25) is 0 Å². The fraction of sp³-hybridized carbons (Fsp3) is 0.353. The number of aromatic nitrogens is 3. The van der Waals surface area contributed by atoms with Crippen molar-refractivity contribution in [2.24, 2.45) is 0 Å². The Morgan fingerprint density at radius 3 is 2.96 bits per heavy atom. The molecule has 2 rings (SSSR count). The van der Waals surface area contributed by atoms with Crippen LogP contribution in [0.1, 0.15) is 18.9 Å². The first kappa shape index (κ1) is 17.3. The molecule has 1 heterocycles. The van der Waals surface area contributed by atoms with Crippen molar-refractivity contribution in [2.45, 2.75) is 32.0 Å². The van der Waals surface area contributed by atoms with Crippen molar-refractivity contribution in [1.82, 2.24) is 20.1 Å². The molecule has 0 saturated heterocycles. The molecule has 0 aliphatic rings. The van der Waals surface area contributed by atoms with Crippen molar-refractivity contribution >= 4 is 17.7 Å². The lowest BCUT2D eigenvalue weighted by Crippen LogP contribution is -2.25. The van der Waals surface area contributed by atoms with Gasteiger partial charge in [0.15, 0.2) is 11.0 Å². The molecule has 23 heavy (non-hydrogen) atoms. The second kappa shape index (κ2) is 8.53. The Morgan fingerprint density at radius 2 is 2.26 bits per heavy atom. The van der Waals surface area contributed by atoms with Crippen LogP contribution in [0.3, 0.4) is 0 Å². The molecule has 0 saturated carbocycles. The van der Waals surface area contributed by atoms with Crippen molar-refractivity contribution in [3.05, 3.63) is 42.5 Å². The maximum absolute atomic E-state index is 11.7. The molecule has 0 atom stereocenters. The van der Waals surface area contributed by atoms with Crippen LogP contribution in [0.25, 0.3) is 11.4 Å². The maximum atomic E-state index is 11.7. The zero-order chi connectivity index (χ0) is 16.7. The standard InChI is InChI=1S/C17H22N4OS/c1-4-9-18-15(22)12-23-17-20-19-16(21(17)10-5-2)14-8-6-7-13(3)11-14/h4,6-8,11H,1,5,9-10,12H2,2-3H3,(H,18,22). The normalized spacial score (nSPS) is 10.5. The van der Waals surface area contributed by atoms with Crippen molar-refractivity contribution in [3.8, 4) is 11.4 Å². The van der Waals surface area contributed by atoms with E-state index < -0.39 is 0 Å². The first-order chi connectivity index (χ1) is 11.2. The molecule has 5 nitrogen and oxygen atoms in total. The van der Waals surface area contributed by atoms with Gasteiger partial charge in [-0.3, -0.25) is 4.79 Å². The van der Waals surface area contributed by atoms with Crippen LogP contribution in [0.15, 0.2) is 42.1 Å². The summed E-state index contributed by atoms with van der Waals surface area (Å²) in [6, 6.07) is 8.21. The molecule has 0 aliphatic carbocycles. The zero-order valence-electron chi connectivity index (χ0n) is 13.6. The summed E-state index contributed by atoms with van der Waals surface area (Å²) in [5.74, 6) is 1.14. The molecule has 1 aromatic carbocycles. The summed E-state index contributed by atoms with van der Waals surface area (Å²) in [4.78, 5) is 11.7. The fourth-order valence-corrected chi connectivity index (χ4v) is 2.98. The van der Waals surface area contributed by atoms with E-state index in [1.165, 1.54) is 17.3 Å². The zero-order valence-corrected chi connectivity index (χ0v) is 14.4. The number of hydrogen-bond donors (Lipinski definition) is 1. The third-order valence-electron chi connectivity index (χ3n) is 3.22. The van der Waals surface area contributed by atoms with Crippen LogP contribution >= 0.6 is 11.8 Å². The maximum Gasteiger partial charge on any atom is 0.230 e. The molecule has 0 bridgehead atoms. The average molecular weight is 330 g/mol. The third-order valence-corrected chi connectivity index (χ3v) is 4.18. The predicted molar refractivity (Wildman–Crippen MR) is 94.4 cm³/mol. The number of carbonyl (C=O) groups is 1. The Morgan fingerprint density at radius 1 is 1.43 bits per heavy atom. The molecule has 1 aromatic heterocycles. The minimum Gasteiger partial charge on any atom is -0.352 e. The summed E-state index contributed by atoms with van der Waals surface area (Å²) in [5.41, 5.74) is 2.24. The molecule has 0 spiro atoms. The largest absolute Gasteiger partial charge is 0.352 e. The molecular formula is C17H22N4OS. The highest BCUT2D eigenvalue weighted by atomic mass is 32.2. The van der Waals surface area contributed by atoms with Crippen molar-refractivity contribution in [2.75, 3.05) is 12.3 Å². The molecule has 0 aliphatic heterocycles. The number of nitrogens with zero attached hydrogens (tertiary/aromatic N) is 3. The van der Waals surface area contributed by atoms with E-state index >= 15 is 0 Å². The molecule has 0 fully saturated rings. The SMILES string of the molecule is C=CCNC(=O)CSc1nnc(-c2cccc(C)c2)n1CCC. The van der Waals surface area contributed by atoms with E-state index in [0.717, 1.165) is 29.5 Å². The van der Waals surface area contributed by atoms with E-state index in [2.05, 4.69) is 52.6 Å². The first-order valence-corrected chi connectivity index (χ1v) is 8.65. The lowest BCUT2D eigenvalue weighted by molar-refractivity contribution is -0.118. The van der Waals surface area contributed by atoms with E-state index in [9.17, 15) is 4.79 Å². The fourth-order valence-electron chi connectivity index (χ4n) is 2.19.